The van der Waals surface area contributed by atoms with Gasteiger partial charge in [-0.2, -0.15) is 0 Å². The van der Waals surface area contributed by atoms with Gasteiger partial charge in [-0.3, -0.25) is 4.79 Å². The number of ether oxygens (including phenoxy) is 1. The smallest absolute Gasteiger partial charge is 0.234 e. The Morgan fingerprint density at radius 3 is 2.60 bits per heavy atom. The molecule has 3 aromatic rings. The number of rotatable bonds is 9. The van der Waals surface area contributed by atoms with Crippen LogP contribution in [0.1, 0.15) is 22.5 Å². The molecule has 1 heterocycles. The van der Waals surface area contributed by atoms with Gasteiger partial charge in [0.05, 0.1) is 12.9 Å². The van der Waals surface area contributed by atoms with E-state index in [4.69, 9.17) is 4.74 Å². The van der Waals surface area contributed by atoms with Gasteiger partial charge in [0.2, 0.25) is 5.91 Å². The first kappa shape index (κ1) is 21.6. The molecule has 1 aromatic heterocycles. The van der Waals surface area contributed by atoms with Crippen molar-refractivity contribution in [2.24, 2.45) is 0 Å². The third-order valence-electron chi connectivity index (χ3n) is 4.75. The first-order valence-electron chi connectivity index (χ1n) is 9.66. The summed E-state index contributed by atoms with van der Waals surface area (Å²) in [6.45, 7) is 8.49. The van der Waals surface area contributed by atoms with Gasteiger partial charge in [0.25, 0.3) is 0 Å². The largest absolute Gasteiger partial charge is 0.497 e. The second-order valence-corrected chi connectivity index (χ2v) is 7.90. The number of allylic oxidation sites excluding steroid dienone is 1. The van der Waals surface area contributed by atoms with Crippen LogP contribution in [0.5, 0.6) is 5.75 Å². The molecule has 156 valence electrons. The fraction of sp³-hybridized carbons (Fsp3) is 0.261. The molecule has 1 amide bonds. The molecular formula is C23H26N4O2S. The number of thioether (sulfide) groups is 1. The highest BCUT2D eigenvalue weighted by atomic mass is 32.2. The van der Waals surface area contributed by atoms with Crippen molar-refractivity contribution in [3.05, 3.63) is 77.6 Å². The van der Waals surface area contributed by atoms with Gasteiger partial charge in [-0.1, -0.05) is 36.0 Å². The van der Waals surface area contributed by atoms with E-state index in [9.17, 15) is 4.79 Å². The van der Waals surface area contributed by atoms with Crippen molar-refractivity contribution in [1.29, 1.82) is 0 Å². The number of carbonyl (C=O) groups is 1. The second kappa shape index (κ2) is 10.1. The maximum absolute atomic E-state index is 12.4. The van der Waals surface area contributed by atoms with Crippen molar-refractivity contribution in [3.63, 3.8) is 0 Å². The number of hydrogen-bond donors (Lipinski definition) is 1. The Balaban J connectivity index is 1.65. The molecule has 3 rings (SSSR count). The molecule has 0 atom stereocenters. The van der Waals surface area contributed by atoms with Gasteiger partial charge in [-0.15, -0.1) is 16.8 Å². The molecule has 7 heteroatoms. The van der Waals surface area contributed by atoms with Crippen molar-refractivity contribution in [1.82, 2.24) is 14.8 Å². The highest BCUT2D eigenvalue weighted by Crippen LogP contribution is 2.21. The number of aromatic nitrogens is 3. The van der Waals surface area contributed by atoms with Crippen LogP contribution in [-0.2, 0) is 17.8 Å². The Hall–Kier alpha value is -3.06. The van der Waals surface area contributed by atoms with Gasteiger partial charge in [0.15, 0.2) is 5.16 Å². The summed E-state index contributed by atoms with van der Waals surface area (Å²) >= 11 is 1.37. The third kappa shape index (κ3) is 5.51. The fourth-order valence-electron chi connectivity index (χ4n) is 2.94. The van der Waals surface area contributed by atoms with Crippen LogP contribution in [0.25, 0.3) is 0 Å². The van der Waals surface area contributed by atoms with Crippen molar-refractivity contribution >= 4 is 23.4 Å². The van der Waals surface area contributed by atoms with Gasteiger partial charge in [-0.05, 0) is 54.8 Å². The molecule has 0 unspecified atom stereocenters. The number of amides is 1. The minimum Gasteiger partial charge on any atom is -0.497 e. The van der Waals surface area contributed by atoms with E-state index in [1.165, 1.54) is 17.3 Å². The zero-order valence-corrected chi connectivity index (χ0v) is 18.3. The van der Waals surface area contributed by atoms with Crippen molar-refractivity contribution in [3.8, 4) is 5.75 Å². The van der Waals surface area contributed by atoms with Crippen molar-refractivity contribution < 1.29 is 9.53 Å². The first-order valence-corrected chi connectivity index (χ1v) is 10.6. The summed E-state index contributed by atoms with van der Waals surface area (Å²) in [5.74, 6) is 1.83. The maximum Gasteiger partial charge on any atom is 0.234 e. The highest BCUT2D eigenvalue weighted by Gasteiger charge is 2.14. The molecule has 0 bridgehead atoms. The summed E-state index contributed by atoms with van der Waals surface area (Å²) in [6.07, 6.45) is 2.44. The zero-order valence-electron chi connectivity index (χ0n) is 17.5. The van der Waals surface area contributed by atoms with Crippen LogP contribution in [0.4, 0.5) is 5.69 Å². The maximum atomic E-state index is 12.4. The number of anilines is 1. The lowest BCUT2D eigenvalue weighted by molar-refractivity contribution is -0.113. The first-order chi connectivity index (χ1) is 14.5. The highest BCUT2D eigenvalue weighted by molar-refractivity contribution is 7.99. The van der Waals surface area contributed by atoms with E-state index in [0.29, 0.717) is 18.1 Å². The lowest BCUT2D eigenvalue weighted by Gasteiger charge is -2.09. The number of aryl methyl sites for hydroxylation is 2. The Labute approximate surface area is 181 Å². The van der Waals surface area contributed by atoms with Crippen molar-refractivity contribution in [2.45, 2.75) is 32.0 Å². The fourth-order valence-corrected chi connectivity index (χ4v) is 3.71. The van der Waals surface area contributed by atoms with Gasteiger partial charge in [-0.25, -0.2) is 0 Å². The SMILES string of the molecule is C=CCn1c(Cc2ccc(OC)cc2)nnc1SCC(=O)Nc1ccc(C)c(C)c1. The summed E-state index contributed by atoms with van der Waals surface area (Å²) in [5, 5.41) is 12.3. The monoisotopic (exact) mass is 422 g/mol. The Bertz CT molecular complexity index is 1030. The van der Waals surface area contributed by atoms with E-state index < -0.39 is 0 Å². The molecule has 2 aromatic carbocycles. The number of methoxy groups -OCH3 is 1. The van der Waals surface area contributed by atoms with Crippen LogP contribution in [0, 0.1) is 13.8 Å². The van der Waals surface area contributed by atoms with Crippen molar-refractivity contribution in [2.75, 3.05) is 18.2 Å². The summed E-state index contributed by atoms with van der Waals surface area (Å²) in [6, 6.07) is 13.8. The zero-order chi connectivity index (χ0) is 21.5. The van der Waals surface area contributed by atoms with Crippen LogP contribution in [0.3, 0.4) is 0 Å². The molecule has 0 fully saturated rings. The number of hydrogen-bond acceptors (Lipinski definition) is 5. The van der Waals surface area contributed by atoms with E-state index in [1.54, 1.807) is 13.2 Å². The number of benzene rings is 2. The van der Waals surface area contributed by atoms with E-state index >= 15 is 0 Å². The van der Waals surface area contributed by atoms with Gasteiger partial charge >= 0.3 is 0 Å². The molecule has 0 saturated carbocycles. The number of nitrogens with one attached hydrogen (secondary N) is 1. The molecular weight excluding hydrogens is 396 g/mol. The molecule has 0 aliphatic carbocycles. The predicted octanol–water partition coefficient (Wildman–Crippen LogP) is 4.41. The summed E-state index contributed by atoms with van der Waals surface area (Å²) in [5.41, 5.74) is 4.26. The van der Waals surface area contributed by atoms with E-state index in [1.807, 2.05) is 60.9 Å². The van der Waals surface area contributed by atoms with Gasteiger partial charge in [0.1, 0.15) is 11.6 Å². The third-order valence-corrected chi connectivity index (χ3v) is 5.72. The summed E-state index contributed by atoms with van der Waals surface area (Å²) in [7, 11) is 1.65. The average Bonchev–Trinajstić information content (AvgIpc) is 3.11. The topological polar surface area (TPSA) is 69.0 Å². The molecule has 6 nitrogen and oxygen atoms in total. The van der Waals surface area contributed by atoms with Gasteiger partial charge < -0.3 is 14.6 Å². The molecule has 0 spiro atoms. The quantitative estimate of drug-likeness (QED) is 0.409. The molecule has 0 aliphatic rings. The summed E-state index contributed by atoms with van der Waals surface area (Å²) in [4.78, 5) is 12.4. The van der Waals surface area contributed by atoms with E-state index in [-0.39, 0.29) is 11.7 Å². The van der Waals surface area contributed by atoms with Crippen LogP contribution < -0.4 is 10.1 Å². The standard InChI is InChI=1S/C23H26N4O2S/c1-5-12-27-21(14-18-7-10-20(29-4)11-8-18)25-26-23(27)30-15-22(28)24-19-9-6-16(2)17(3)13-19/h5-11,13H,1,12,14-15H2,2-4H3,(H,24,28). The molecule has 0 radical (unpaired) electrons. The minimum absolute atomic E-state index is 0.0758. The predicted molar refractivity (Wildman–Crippen MR) is 121 cm³/mol. The Morgan fingerprint density at radius 1 is 1.17 bits per heavy atom. The normalized spacial score (nSPS) is 10.6. The molecule has 0 aliphatic heterocycles. The molecule has 30 heavy (non-hydrogen) atoms. The Morgan fingerprint density at radius 2 is 1.93 bits per heavy atom. The van der Waals surface area contributed by atoms with Gasteiger partial charge in [0, 0.05) is 18.7 Å². The lowest BCUT2D eigenvalue weighted by Crippen LogP contribution is -2.15. The van der Waals surface area contributed by atoms with Crippen LogP contribution >= 0.6 is 11.8 Å². The summed E-state index contributed by atoms with van der Waals surface area (Å²) < 4.78 is 7.20. The van der Waals surface area contributed by atoms with Crippen LogP contribution in [0.2, 0.25) is 0 Å². The number of carbonyl (C=O) groups excluding carboxylic acids is 1. The van der Waals surface area contributed by atoms with Crippen LogP contribution in [0.15, 0.2) is 60.3 Å². The van der Waals surface area contributed by atoms with Crippen LogP contribution in [-0.4, -0.2) is 33.5 Å². The van der Waals surface area contributed by atoms with E-state index in [0.717, 1.165) is 28.4 Å². The second-order valence-electron chi connectivity index (χ2n) is 6.96. The Kier molecular flexibility index (Phi) is 7.30. The molecule has 1 N–H and O–H groups in total. The minimum atomic E-state index is -0.0758. The molecule has 0 saturated heterocycles. The van der Waals surface area contributed by atoms with E-state index in [2.05, 4.69) is 22.1 Å². The average molecular weight is 423 g/mol. The lowest BCUT2D eigenvalue weighted by atomic mass is 10.1. The number of nitrogens with zero attached hydrogens (tertiary/aromatic N) is 3.